The molecular weight excluding hydrogens is 270 g/mol. The highest BCUT2D eigenvalue weighted by atomic mass is 32.1. The molecule has 1 atom stereocenters. The van der Waals surface area contributed by atoms with Crippen LogP contribution < -0.4 is 5.32 Å². The van der Waals surface area contributed by atoms with E-state index in [9.17, 15) is 9.90 Å². The maximum absolute atomic E-state index is 11.8. The van der Waals surface area contributed by atoms with E-state index >= 15 is 0 Å². The summed E-state index contributed by atoms with van der Waals surface area (Å²) in [5.74, 6) is -0.0242. The normalized spacial score (nSPS) is 12.1. The van der Waals surface area contributed by atoms with Crippen LogP contribution in [0.2, 0.25) is 0 Å². The molecule has 0 saturated carbocycles. The van der Waals surface area contributed by atoms with Gasteiger partial charge >= 0.3 is 0 Å². The molecule has 0 saturated heterocycles. The second-order valence-corrected chi connectivity index (χ2v) is 5.74. The molecule has 1 heterocycles. The monoisotopic (exact) mass is 289 g/mol. The van der Waals surface area contributed by atoms with E-state index in [2.05, 4.69) is 5.32 Å². The highest BCUT2D eigenvalue weighted by Gasteiger charge is 2.10. The van der Waals surface area contributed by atoms with Gasteiger partial charge in [-0.15, -0.1) is 11.3 Å². The van der Waals surface area contributed by atoms with E-state index in [0.717, 1.165) is 11.3 Å². The number of hydrogen-bond acceptors (Lipinski definition) is 3. The van der Waals surface area contributed by atoms with Gasteiger partial charge in [0.05, 0.1) is 0 Å². The Hall–Kier alpha value is -1.65. The van der Waals surface area contributed by atoms with Crippen LogP contribution in [0.4, 0.5) is 0 Å². The van der Waals surface area contributed by atoms with Crippen molar-refractivity contribution in [2.45, 2.75) is 25.9 Å². The number of nitrogens with one attached hydrogen (secondary N) is 1. The highest BCUT2D eigenvalue weighted by molar-refractivity contribution is 7.10. The predicted octanol–water partition coefficient (Wildman–Crippen LogP) is 2.84. The molecule has 0 aliphatic heterocycles. The summed E-state index contributed by atoms with van der Waals surface area (Å²) in [5, 5.41) is 14.6. The minimum absolute atomic E-state index is 0.0242. The summed E-state index contributed by atoms with van der Waals surface area (Å²) in [6, 6.07) is 11.8. The highest BCUT2D eigenvalue weighted by Crippen LogP contribution is 2.17. The molecule has 1 amide bonds. The quantitative estimate of drug-likeness (QED) is 0.859. The molecule has 4 heteroatoms. The molecule has 1 unspecified atom stereocenters. The van der Waals surface area contributed by atoms with Gasteiger partial charge in [0, 0.05) is 17.8 Å². The van der Waals surface area contributed by atoms with Gasteiger partial charge in [0.25, 0.3) is 0 Å². The van der Waals surface area contributed by atoms with Crippen LogP contribution in [0.15, 0.2) is 41.8 Å². The van der Waals surface area contributed by atoms with Gasteiger partial charge in [-0.05, 0) is 35.9 Å². The van der Waals surface area contributed by atoms with Gasteiger partial charge in [0.15, 0.2) is 0 Å². The van der Waals surface area contributed by atoms with Crippen LogP contribution in [-0.4, -0.2) is 17.6 Å². The van der Waals surface area contributed by atoms with Crippen molar-refractivity contribution in [3.05, 3.63) is 57.8 Å². The van der Waals surface area contributed by atoms with E-state index in [0.29, 0.717) is 6.42 Å². The van der Waals surface area contributed by atoms with Gasteiger partial charge in [-0.25, -0.2) is 0 Å². The van der Waals surface area contributed by atoms with Crippen LogP contribution in [0.1, 0.15) is 28.5 Å². The van der Waals surface area contributed by atoms with Crippen LogP contribution in [0, 0.1) is 6.92 Å². The van der Waals surface area contributed by atoms with Gasteiger partial charge in [-0.1, -0.05) is 30.3 Å². The maximum atomic E-state index is 11.8. The second kappa shape index (κ2) is 7.22. The summed E-state index contributed by atoms with van der Waals surface area (Å²) in [6.45, 7) is 2.32. The van der Waals surface area contributed by atoms with Crippen LogP contribution in [0.25, 0.3) is 0 Å². The summed E-state index contributed by atoms with van der Waals surface area (Å²) >= 11 is 1.49. The molecule has 2 rings (SSSR count). The Kier molecular flexibility index (Phi) is 5.32. The van der Waals surface area contributed by atoms with Crippen molar-refractivity contribution in [1.82, 2.24) is 5.32 Å². The predicted molar refractivity (Wildman–Crippen MR) is 81.8 cm³/mol. The van der Waals surface area contributed by atoms with Crippen LogP contribution in [0.5, 0.6) is 0 Å². The molecule has 2 N–H and O–H groups in total. The molecule has 1 aromatic carbocycles. The fraction of sp³-hybridized carbons (Fsp3) is 0.312. The van der Waals surface area contributed by atoms with Crippen LogP contribution in [0.3, 0.4) is 0 Å². The third-order valence-electron chi connectivity index (χ3n) is 3.25. The summed E-state index contributed by atoms with van der Waals surface area (Å²) < 4.78 is 0. The maximum Gasteiger partial charge on any atom is 0.220 e. The van der Waals surface area contributed by atoms with Gasteiger partial charge in [0.2, 0.25) is 5.91 Å². The Morgan fingerprint density at radius 3 is 2.80 bits per heavy atom. The van der Waals surface area contributed by atoms with Gasteiger partial charge in [-0.2, -0.15) is 0 Å². The average molecular weight is 289 g/mol. The minimum atomic E-state index is -0.614. The Bertz CT molecular complexity index is 551. The molecule has 0 aliphatic rings. The molecule has 2 aromatic rings. The number of aliphatic hydroxyl groups excluding tert-OH is 1. The molecule has 0 aliphatic carbocycles. The number of rotatable bonds is 6. The number of thiophene rings is 1. The first-order chi connectivity index (χ1) is 9.66. The average Bonchev–Trinajstić information content (AvgIpc) is 2.98. The number of carbonyl (C=O) groups is 1. The number of hydrogen-bond donors (Lipinski definition) is 2. The molecule has 106 valence electrons. The molecule has 0 spiro atoms. The number of benzene rings is 1. The Morgan fingerprint density at radius 1 is 1.30 bits per heavy atom. The standard InChI is InChI=1S/C16H19NO2S/c1-12-5-2-3-6-13(12)8-9-16(19)17-11-14(18)15-7-4-10-20-15/h2-7,10,14,18H,8-9,11H2,1H3,(H,17,19). The SMILES string of the molecule is Cc1ccccc1CCC(=O)NCC(O)c1cccs1. The van der Waals surface area contributed by atoms with Gasteiger partial charge in [0.1, 0.15) is 6.10 Å². The van der Waals surface area contributed by atoms with E-state index in [-0.39, 0.29) is 12.5 Å². The van der Waals surface area contributed by atoms with E-state index < -0.39 is 6.10 Å². The molecule has 0 fully saturated rings. The summed E-state index contributed by atoms with van der Waals surface area (Å²) in [5.41, 5.74) is 2.40. The van der Waals surface area contributed by atoms with E-state index in [1.54, 1.807) is 0 Å². The first-order valence-corrected chi connectivity index (χ1v) is 7.57. The molecular formula is C16H19NO2S. The summed E-state index contributed by atoms with van der Waals surface area (Å²) in [4.78, 5) is 12.7. The fourth-order valence-corrected chi connectivity index (χ4v) is 2.73. The van der Waals surface area contributed by atoms with E-state index in [1.807, 2.05) is 48.7 Å². The number of aryl methyl sites for hydroxylation is 2. The van der Waals surface area contributed by atoms with Crippen molar-refractivity contribution in [2.24, 2.45) is 0 Å². The molecule has 0 bridgehead atoms. The molecule has 3 nitrogen and oxygen atoms in total. The van der Waals surface area contributed by atoms with Crippen LogP contribution >= 0.6 is 11.3 Å². The lowest BCUT2D eigenvalue weighted by atomic mass is 10.0. The third-order valence-corrected chi connectivity index (χ3v) is 4.22. The fourth-order valence-electron chi connectivity index (χ4n) is 2.02. The van der Waals surface area contributed by atoms with Crippen molar-refractivity contribution in [3.8, 4) is 0 Å². The first-order valence-electron chi connectivity index (χ1n) is 6.69. The first kappa shape index (κ1) is 14.8. The van der Waals surface area contributed by atoms with Crippen molar-refractivity contribution in [2.75, 3.05) is 6.54 Å². The Morgan fingerprint density at radius 2 is 2.10 bits per heavy atom. The lowest BCUT2D eigenvalue weighted by molar-refractivity contribution is -0.121. The third kappa shape index (κ3) is 4.18. The molecule has 20 heavy (non-hydrogen) atoms. The van der Waals surface area contributed by atoms with Gasteiger partial charge < -0.3 is 10.4 Å². The number of aliphatic hydroxyl groups is 1. The zero-order valence-electron chi connectivity index (χ0n) is 11.5. The minimum Gasteiger partial charge on any atom is -0.386 e. The zero-order valence-corrected chi connectivity index (χ0v) is 12.3. The number of amides is 1. The number of carbonyl (C=O) groups excluding carboxylic acids is 1. The van der Waals surface area contributed by atoms with E-state index in [1.165, 1.54) is 22.5 Å². The summed E-state index contributed by atoms with van der Waals surface area (Å²) in [6.07, 6.45) is 0.563. The lowest BCUT2D eigenvalue weighted by Gasteiger charge is -2.10. The van der Waals surface area contributed by atoms with Crippen molar-refractivity contribution < 1.29 is 9.90 Å². The Labute approximate surface area is 123 Å². The summed E-state index contributed by atoms with van der Waals surface area (Å²) in [7, 11) is 0. The lowest BCUT2D eigenvalue weighted by Crippen LogP contribution is -2.28. The molecule has 0 radical (unpaired) electrons. The molecule has 1 aromatic heterocycles. The smallest absolute Gasteiger partial charge is 0.220 e. The Balaban J connectivity index is 1.75. The van der Waals surface area contributed by atoms with Crippen molar-refractivity contribution in [3.63, 3.8) is 0 Å². The van der Waals surface area contributed by atoms with E-state index in [4.69, 9.17) is 0 Å². The van der Waals surface area contributed by atoms with Crippen molar-refractivity contribution in [1.29, 1.82) is 0 Å². The second-order valence-electron chi connectivity index (χ2n) is 4.76. The van der Waals surface area contributed by atoms with Crippen molar-refractivity contribution >= 4 is 17.2 Å². The zero-order chi connectivity index (χ0) is 14.4. The van der Waals surface area contributed by atoms with Crippen LogP contribution in [-0.2, 0) is 11.2 Å². The van der Waals surface area contributed by atoms with Gasteiger partial charge in [-0.3, -0.25) is 4.79 Å². The topological polar surface area (TPSA) is 49.3 Å². The largest absolute Gasteiger partial charge is 0.386 e.